The van der Waals surface area contributed by atoms with Crippen molar-refractivity contribution in [3.05, 3.63) is 59.1 Å². The maximum absolute atomic E-state index is 5.80. The second kappa shape index (κ2) is 5.08. The van der Waals surface area contributed by atoms with Crippen molar-refractivity contribution in [2.45, 2.75) is 19.3 Å². The average Bonchev–Trinajstić information content (AvgIpc) is 2.30. The topological polar surface area (TPSA) is 25.8 Å². The predicted octanol–water partition coefficient (Wildman–Crippen LogP) is 3.48. The van der Waals surface area contributed by atoms with Crippen LogP contribution in [0.25, 0.3) is 0 Å². The lowest BCUT2D eigenvalue weighted by Crippen LogP contribution is -2.01. The smallest absolute Gasteiger partial charge is 0.147 e. The number of benzene rings is 1. The highest BCUT2D eigenvalue weighted by Crippen LogP contribution is 2.19. The third-order valence-corrected chi connectivity index (χ3v) is 2.72. The first-order valence-electron chi connectivity index (χ1n) is 5.27. The fourth-order valence-corrected chi connectivity index (χ4v) is 1.86. The van der Waals surface area contributed by atoms with Gasteiger partial charge in [0, 0.05) is 6.20 Å². The molecule has 16 heavy (non-hydrogen) atoms. The molecule has 0 fully saturated rings. The van der Waals surface area contributed by atoms with E-state index in [1.165, 1.54) is 5.56 Å². The minimum Gasteiger partial charge on any atom is -0.260 e. The molecule has 0 spiro atoms. The zero-order chi connectivity index (χ0) is 11.4. The average molecular weight is 233 g/mol. The maximum atomic E-state index is 5.80. The van der Waals surface area contributed by atoms with Crippen molar-refractivity contribution in [1.29, 1.82) is 0 Å². The van der Waals surface area contributed by atoms with Crippen LogP contribution < -0.4 is 0 Å². The van der Waals surface area contributed by atoms with Crippen molar-refractivity contribution in [1.82, 2.24) is 9.97 Å². The van der Waals surface area contributed by atoms with Gasteiger partial charge in [-0.15, -0.1) is 0 Å². The minimum atomic E-state index is 0.425. The first-order valence-corrected chi connectivity index (χ1v) is 5.65. The lowest BCUT2D eigenvalue weighted by molar-refractivity contribution is 0.736. The van der Waals surface area contributed by atoms with Crippen LogP contribution in [-0.2, 0) is 6.42 Å². The fourth-order valence-electron chi connectivity index (χ4n) is 1.69. The van der Waals surface area contributed by atoms with Gasteiger partial charge in [0.05, 0.1) is 11.9 Å². The molecule has 2 nitrogen and oxygen atoms in total. The van der Waals surface area contributed by atoms with Gasteiger partial charge in [-0.1, -0.05) is 48.9 Å². The van der Waals surface area contributed by atoms with Gasteiger partial charge in [0.2, 0.25) is 0 Å². The predicted molar refractivity (Wildman–Crippen MR) is 65.6 cm³/mol. The van der Waals surface area contributed by atoms with E-state index in [9.17, 15) is 0 Å². The summed E-state index contributed by atoms with van der Waals surface area (Å²) >= 11 is 5.80. The molecule has 0 bridgehead atoms. The van der Waals surface area contributed by atoms with E-state index in [0.29, 0.717) is 11.1 Å². The van der Waals surface area contributed by atoms with E-state index >= 15 is 0 Å². The van der Waals surface area contributed by atoms with Crippen LogP contribution in [0.1, 0.15) is 24.1 Å². The number of hydrogen-bond acceptors (Lipinski definition) is 2. The van der Waals surface area contributed by atoms with Crippen LogP contribution in [-0.4, -0.2) is 9.97 Å². The zero-order valence-corrected chi connectivity index (χ0v) is 9.85. The van der Waals surface area contributed by atoms with Crippen LogP contribution >= 0.6 is 11.6 Å². The normalized spacial score (nSPS) is 12.4. The summed E-state index contributed by atoms with van der Waals surface area (Å²) in [5.74, 6) is 0.425. The Morgan fingerprint density at radius 1 is 1.19 bits per heavy atom. The largest absolute Gasteiger partial charge is 0.260 e. The summed E-state index contributed by atoms with van der Waals surface area (Å²) in [5.41, 5.74) is 2.24. The van der Waals surface area contributed by atoms with Gasteiger partial charge in [0.15, 0.2) is 0 Å². The summed E-state index contributed by atoms with van der Waals surface area (Å²) in [4.78, 5) is 8.28. The van der Waals surface area contributed by atoms with Crippen molar-refractivity contribution >= 4 is 11.6 Å². The molecule has 0 radical (unpaired) electrons. The number of nitrogens with zero attached hydrogens (tertiary/aromatic N) is 2. The Kier molecular flexibility index (Phi) is 3.52. The van der Waals surface area contributed by atoms with Crippen molar-refractivity contribution < 1.29 is 0 Å². The summed E-state index contributed by atoms with van der Waals surface area (Å²) in [7, 11) is 0. The van der Waals surface area contributed by atoms with Crippen LogP contribution in [0.4, 0.5) is 0 Å². The van der Waals surface area contributed by atoms with E-state index in [1.807, 2.05) is 6.07 Å². The molecule has 1 aromatic carbocycles. The van der Waals surface area contributed by atoms with Gasteiger partial charge in [-0.05, 0) is 17.9 Å². The van der Waals surface area contributed by atoms with E-state index in [0.717, 1.165) is 12.1 Å². The summed E-state index contributed by atoms with van der Waals surface area (Å²) < 4.78 is 0. The van der Waals surface area contributed by atoms with E-state index in [2.05, 4.69) is 41.2 Å². The molecule has 82 valence electrons. The van der Waals surface area contributed by atoms with E-state index in [-0.39, 0.29) is 0 Å². The van der Waals surface area contributed by atoms with Crippen molar-refractivity contribution in [2.24, 2.45) is 0 Å². The van der Waals surface area contributed by atoms with Gasteiger partial charge in [0.25, 0.3) is 0 Å². The molecule has 0 N–H and O–H groups in total. The van der Waals surface area contributed by atoms with Crippen LogP contribution in [0.5, 0.6) is 0 Å². The molecule has 0 saturated carbocycles. The lowest BCUT2D eigenvalue weighted by Gasteiger charge is -2.10. The van der Waals surface area contributed by atoms with Crippen LogP contribution in [0.3, 0.4) is 0 Å². The van der Waals surface area contributed by atoms with Crippen LogP contribution in [0, 0.1) is 0 Å². The van der Waals surface area contributed by atoms with E-state index in [4.69, 9.17) is 11.6 Å². The Bertz CT molecular complexity index is 456. The molecule has 0 aliphatic rings. The zero-order valence-electron chi connectivity index (χ0n) is 9.10. The standard InChI is InChI=1S/C13H13ClN2/c1-10(11-5-3-2-4-6-11)7-12-8-15-9-13(14)16-12/h2-6,8-10H,7H2,1H3/t10-/m0/s1. The molecule has 2 rings (SSSR count). The fraction of sp³-hybridized carbons (Fsp3) is 0.231. The summed E-state index contributed by atoms with van der Waals surface area (Å²) in [6.45, 7) is 2.18. The molecule has 2 aromatic rings. The molecule has 3 heteroatoms. The number of aromatic nitrogens is 2. The molecule has 1 aromatic heterocycles. The van der Waals surface area contributed by atoms with Crippen molar-refractivity contribution in [3.8, 4) is 0 Å². The first kappa shape index (κ1) is 11.1. The maximum Gasteiger partial charge on any atom is 0.147 e. The monoisotopic (exact) mass is 232 g/mol. The Morgan fingerprint density at radius 2 is 1.94 bits per heavy atom. The highest BCUT2D eigenvalue weighted by Gasteiger charge is 2.07. The Labute approximate surface area is 100 Å². The molecular formula is C13H13ClN2. The summed E-state index contributed by atoms with van der Waals surface area (Å²) in [6.07, 6.45) is 4.18. The van der Waals surface area contributed by atoms with Gasteiger partial charge in [-0.2, -0.15) is 0 Å². The van der Waals surface area contributed by atoms with Gasteiger partial charge >= 0.3 is 0 Å². The second-order valence-corrected chi connectivity index (χ2v) is 4.24. The van der Waals surface area contributed by atoms with Gasteiger partial charge in [-0.25, -0.2) is 4.98 Å². The van der Waals surface area contributed by atoms with Gasteiger partial charge in [0.1, 0.15) is 5.15 Å². The molecular weight excluding hydrogens is 220 g/mol. The van der Waals surface area contributed by atoms with E-state index in [1.54, 1.807) is 12.4 Å². The SMILES string of the molecule is C[C@@H](Cc1cncc(Cl)n1)c1ccccc1. The summed E-state index contributed by atoms with van der Waals surface area (Å²) in [5, 5.41) is 0.456. The molecule has 0 amide bonds. The van der Waals surface area contributed by atoms with E-state index < -0.39 is 0 Å². The van der Waals surface area contributed by atoms with Crippen LogP contribution in [0.2, 0.25) is 5.15 Å². The minimum absolute atomic E-state index is 0.425. The lowest BCUT2D eigenvalue weighted by atomic mass is 9.96. The number of halogens is 1. The van der Waals surface area contributed by atoms with Crippen molar-refractivity contribution in [2.75, 3.05) is 0 Å². The molecule has 1 atom stereocenters. The second-order valence-electron chi connectivity index (χ2n) is 3.85. The molecule has 1 heterocycles. The molecule has 0 aliphatic carbocycles. The quantitative estimate of drug-likeness (QED) is 0.810. The Hall–Kier alpha value is -1.41. The van der Waals surface area contributed by atoms with Gasteiger partial charge in [-0.3, -0.25) is 4.98 Å². The first-order chi connectivity index (χ1) is 7.75. The Balaban J connectivity index is 2.11. The number of hydrogen-bond donors (Lipinski definition) is 0. The van der Waals surface area contributed by atoms with Crippen LogP contribution in [0.15, 0.2) is 42.7 Å². The molecule has 0 unspecified atom stereocenters. The number of rotatable bonds is 3. The van der Waals surface area contributed by atoms with Gasteiger partial charge < -0.3 is 0 Å². The molecule has 0 aliphatic heterocycles. The molecule has 0 saturated heterocycles. The highest BCUT2D eigenvalue weighted by atomic mass is 35.5. The summed E-state index contributed by atoms with van der Waals surface area (Å²) in [6, 6.07) is 10.4. The third kappa shape index (κ3) is 2.80. The highest BCUT2D eigenvalue weighted by molar-refractivity contribution is 6.29. The Morgan fingerprint density at radius 3 is 2.62 bits per heavy atom. The van der Waals surface area contributed by atoms with Crippen molar-refractivity contribution in [3.63, 3.8) is 0 Å². The third-order valence-electron chi connectivity index (χ3n) is 2.54.